The third kappa shape index (κ3) is 1.82. The second-order valence-electron chi connectivity index (χ2n) is 3.30. The summed E-state index contributed by atoms with van der Waals surface area (Å²) >= 11 is 0. The Morgan fingerprint density at radius 2 is 2.45 bits per heavy atom. The molecule has 1 saturated heterocycles. The number of hydrogen-bond acceptors (Lipinski definition) is 3. The van der Waals surface area contributed by atoms with E-state index < -0.39 is 8.80 Å². The van der Waals surface area contributed by atoms with Crippen LogP contribution in [0.5, 0.6) is 0 Å². The molecule has 2 unspecified atom stereocenters. The lowest BCUT2D eigenvalue weighted by Gasteiger charge is -2.29. The predicted octanol–water partition coefficient (Wildman–Crippen LogP) is -0.323. The van der Waals surface area contributed by atoms with Gasteiger partial charge in [0.2, 0.25) is 0 Å². The summed E-state index contributed by atoms with van der Waals surface area (Å²) in [6.07, 6.45) is 0. The van der Waals surface area contributed by atoms with Crippen LogP contribution in [0.4, 0.5) is 0 Å². The first-order chi connectivity index (χ1) is 5.23. The van der Waals surface area contributed by atoms with Crippen molar-refractivity contribution in [3.05, 3.63) is 0 Å². The Balaban J connectivity index is 2.49. The second kappa shape index (κ2) is 3.67. The van der Waals surface area contributed by atoms with Crippen molar-refractivity contribution in [1.82, 2.24) is 5.32 Å². The van der Waals surface area contributed by atoms with Crippen molar-refractivity contribution in [1.29, 1.82) is 0 Å². The van der Waals surface area contributed by atoms with Crippen LogP contribution in [-0.2, 0) is 4.74 Å². The minimum atomic E-state index is -0.769. The molecule has 4 heteroatoms. The zero-order valence-corrected chi connectivity index (χ0v) is 8.55. The molecule has 11 heavy (non-hydrogen) atoms. The molecule has 0 aromatic carbocycles. The van der Waals surface area contributed by atoms with Crippen LogP contribution < -0.4 is 11.1 Å². The zero-order chi connectivity index (χ0) is 8.32. The summed E-state index contributed by atoms with van der Waals surface area (Å²) in [5, 5.41) is 3.41. The minimum absolute atomic E-state index is 0.0133. The van der Waals surface area contributed by atoms with Gasteiger partial charge >= 0.3 is 0 Å². The van der Waals surface area contributed by atoms with Crippen molar-refractivity contribution in [2.24, 2.45) is 5.73 Å². The molecule has 1 rings (SSSR count). The molecular weight excluding hydrogens is 156 g/mol. The molecule has 1 aliphatic heterocycles. The van der Waals surface area contributed by atoms with Crippen LogP contribution >= 0.6 is 0 Å². The maximum atomic E-state index is 5.54. The van der Waals surface area contributed by atoms with Gasteiger partial charge in [-0.2, -0.15) is 0 Å². The summed E-state index contributed by atoms with van der Waals surface area (Å²) in [6, 6.07) is 2.51. The van der Waals surface area contributed by atoms with Crippen molar-refractivity contribution >= 4 is 8.80 Å². The van der Waals surface area contributed by atoms with Gasteiger partial charge in [-0.15, -0.1) is 0 Å². The highest BCUT2D eigenvalue weighted by Crippen LogP contribution is 2.21. The van der Waals surface area contributed by atoms with E-state index in [1.807, 2.05) is 0 Å². The quantitative estimate of drug-likeness (QED) is 0.576. The number of methoxy groups -OCH3 is 1. The molecule has 1 aliphatic rings. The van der Waals surface area contributed by atoms with E-state index in [9.17, 15) is 0 Å². The molecule has 3 nitrogen and oxygen atoms in total. The number of nitrogens with one attached hydrogen (secondary N) is 1. The molecule has 0 bridgehead atoms. The molecule has 0 aromatic heterocycles. The van der Waals surface area contributed by atoms with Crippen molar-refractivity contribution in [3.63, 3.8) is 0 Å². The van der Waals surface area contributed by atoms with Gasteiger partial charge in [-0.1, -0.05) is 0 Å². The number of ether oxygens (including phenoxy) is 1. The topological polar surface area (TPSA) is 47.3 Å². The molecule has 0 aliphatic carbocycles. The van der Waals surface area contributed by atoms with E-state index >= 15 is 0 Å². The lowest BCUT2D eigenvalue weighted by Crippen LogP contribution is -2.49. The highest BCUT2D eigenvalue weighted by atomic mass is 28.3. The molecular formula is C7H18N2OSi. The van der Waals surface area contributed by atoms with Gasteiger partial charge in [-0.05, 0) is 32.1 Å². The molecule has 1 heterocycles. The predicted molar refractivity (Wildman–Crippen MR) is 49.2 cm³/mol. The lowest BCUT2D eigenvalue weighted by atomic mass is 10.6. The van der Waals surface area contributed by atoms with Gasteiger partial charge < -0.3 is 10.5 Å². The Morgan fingerprint density at radius 3 is 3.00 bits per heavy atom. The summed E-state index contributed by atoms with van der Waals surface area (Å²) in [5.41, 5.74) is 5.54. The molecule has 2 atom stereocenters. The molecule has 0 radical (unpaired) electrons. The Bertz CT molecular complexity index is 134. The minimum Gasteiger partial charge on any atom is -0.368 e. The zero-order valence-electron chi connectivity index (χ0n) is 7.39. The first kappa shape index (κ1) is 9.19. The Labute approximate surface area is 69.9 Å². The standard InChI is InChI=1S/C7H18N2OSi/c1-7(10-2)9-4-6-11(7)5-3-8/h9,11H,3-6,8H2,1-2H3. The Morgan fingerprint density at radius 1 is 1.73 bits per heavy atom. The van der Waals surface area contributed by atoms with Gasteiger partial charge in [0.15, 0.2) is 0 Å². The van der Waals surface area contributed by atoms with Gasteiger partial charge in [0, 0.05) is 7.11 Å². The van der Waals surface area contributed by atoms with E-state index in [1.165, 1.54) is 12.1 Å². The maximum Gasteiger partial charge on any atom is 0.0985 e. The normalized spacial score (nSPS) is 37.9. The van der Waals surface area contributed by atoms with E-state index in [0.717, 1.165) is 13.1 Å². The van der Waals surface area contributed by atoms with Crippen LogP contribution in [0.25, 0.3) is 0 Å². The fraction of sp³-hybridized carbons (Fsp3) is 1.00. The average molecular weight is 174 g/mol. The SMILES string of the molecule is COC1(C)NCC[SiH]1CCN. The maximum absolute atomic E-state index is 5.54. The first-order valence-electron chi connectivity index (χ1n) is 4.23. The van der Waals surface area contributed by atoms with Gasteiger partial charge in [-0.3, -0.25) is 5.32 Å². The van der Waals surface area contributed by atoms with Crippen LogP contribution in [0.1, 0.15) is 6.92 Å². The van der Waals surface area contributed by atoms with Crippen LogP contribution in [0, 0.1) is 0 Å². The van der Waals surface area contributed by atoms with E-state index in [4.69, 9.17) is 10.5 Å². The largest absolute Gasteiger partial charge is 0.368 e. The third-order valence-electron chi connectivity index (χ3n) is 2.69. The van der Waals surface area contributed by atoms with Crippen molar-refractivity contribution in [3.8, 4) is 0 Å². The molecule has 66 valence electrons. The van der Waals surface area contributed by atoms with Crippen molar-refractivity contribution < 1.29 is 4.74 Å². The van der Waals surface area contributed by atoms with Crippen molar-refractivity contribution in [2.75, 3.05) is 20.2 Å². The lowest BCUT2D eigenvalue weighted by molar-refractivity contribution is 0.0530. The van der Waals surface area contributed by atoms with Crippen LogP contribution in [-0.4, -0.2) is 34.3 Å². The Hall–Kier alpha value is 0.0969. The molecule has 0 saturated carbocycles. The highest BCUT2D eigenvalue weighted by Gasteiger charge is 2.38. The highest BCUT2D eigenvalue weighted by molar-refractivity contribution is 6.62. The monoisotopic (exact) mass is 174 g/mol. The van der Waals surface area contributed by atoms with E-state index in [-0.39, 0.29) is 5.35 Å². The molecule has 1 fully saturated rings. The first-order valence-corrected chi connectivity index (χ1v) is 6.44. The van der Waals surface area contributed by atoms with Crippen LogP contribution in [0.15, 0.2) is 0 Å². The van der Waals surface area contributed by atoms with Gasteiger partial charge in [-0.25, -0.2) is 0 Å². The smallest absolute Gasteiger partial charge is 0.0985 e. The molecule has 0 amide bonds. The molecule has 0 spiro atoms. The number of rotatable bonds is 3. The summed E-state index contributed by atoms with van der Waals surface area (Å²) < 4.78 is 5.46. The average Bonchev–Trinajstić information content (AvgIpc) is 2.35. The fourth-order valence-corrected chi connectivity index (χ4v) is 4.83. The van der Waals surface area contributed by atoms with Gasteiger partial charge in [0.25, 0.3) is 0 Å². The number of nitrogens with two attached hydrogens (primary N) is 1. The summed E-state index contributed by atoms with van der Waals surface area (Å²) in [6.45, 7) is 4.09. The summed E-state index contributed by atoms with van der Waals surface area (Å²) in [4.78, 5) is 0. The third-order valence-corrected chi connectivity index (χ3v) is 6.70. The van der Waals surface area contributed by atoms with E-state index in [1.54, 1.807) is 7.11 Å². The number of hydrogen-bond donors (Lipinski definition) is 2. The van der Waals surface area contributed by atoms with Gasteiger partial charge in [0.05, 0.1) is 14.1 Å². The van der Waals surface area contributed by atoms with Crippen LogP contribution in [0.2, 0.25) is 12.1 Å². The Kier molecular flexibility index (Phi) is 3.06. The summed E-state index contributed by atoms with van der Waals surface area (Å²) in [5.74, 6) is 0. The van der Waals surface area contributed by atoms with E-state index in [2.05, 4.69) is 12.2 Å². The van der Waals surface area contributed by atoms with E-state index in [0.29, 0.717) is 0 Å². The second-order valence-corrected chi connectivity index (χ2v) is 6.95. The van der Waals surface area contributed by atoms with Gasteiger partial charge in [0.1, 0.15) is 0 Å². The molecule has 3 N–H and O–H groups in total. The summed E-state index contributed by atoms with van der Waals surface area (Å²) in [7, 11) is 1.02. The van der Waals surface area contributed by atoms with Crippen LogP contribution in [0.3, 0.4) is 0 Å². The molecule has 0 aromatic rings. The fourth-order valence-electron chi connectivity index (χ4n) is 1.77. The van der Waals surface area contributed by atoms with Crippen molar-refractivity contribution in [2.45, 2.75) is 24.4 Å².